The Kier molecular flexibility index (Phi) is 9.07. The Morgan fingerprint density at radius 2 is 1.00 bits per heavy atom. The van der Waals surface area contributed by atoms with Crippen molar-refractivity contribution >= 4 is 0 Å². The molecule has 0 saturated heterocycles. The minimum Gasteiger partial charge on any atom is -0.0651 e. The fraction of sp³-hybridized carbons (Fsp3) is 1.00. The van der Waals surface area contributed by atoms with Gasteiger partial charge in [0.25, 0.3) is 0 Å². The zero-order chi connectivity index (χ0) is 12.6. The van der Waals surface area contributed by atoms with Crippen LogP contribution in [0.25, 0.3) is 0 Å². The quantitative estimate of drug-likeness (QED) is 0.458. The average molecular weight is 226 g/mol. The van der Waals surface area contributed by atoms with E-state index in [1.807, 2.05) is 0 Å². The molecule has 0 radical (unpaired) electrons. The van der Waals surface area contributed by atoms with E-state index in [0.29, 0.717) is 0 Å². The standard InChI is InChI=1S/C16H34/c1-7-14(5)9-11-16(13(3)4)12-10-15(6)8-2/h13-16H,7-12H2,1-6H3. The zero-order valence-electron chi connectivity index (χ0n) is 12.6. The lowest BCUT2D eigenvalue weighted by Gasteiger charge is -2.23. The predicted octanol–water partition coefficient (Wildman–Crippen LogP) is 5.91. The van der Waals surface area contributed by atoms with Crippen LogP contribution in [-0.2, 0) is 0 Å². The van der Waals surface area contributed by atoms with Crippen molar-refractivity contribution in [1.29, 1.82) is 0 Å². The largest absolute Gasteiger partial charge is 0.0651 e. The second-order valence-corrected chi connectivity index (χ2v) is 6.19. The number of hydrogen-bond donors (Lipinski definition) is 0. The first-order chi connectivity index (χ1) is 7.51. The molecule has 0 spiro atoms. The van der Waals surface area contributed by atoms with E-state index in [4.69, 9.17) is 0 Å². The molecule has 98 valence electrons. The number of rotatable bonds is 9. The number of hydrogen-bond acceptors (Lipinski definition) is 0. The lowest BCUT2D eigenvalue weighted by molar-refractivity contribution is 0.282. The van der Waals surface area contributed by atoms with Gasteiger partial charge in [-0.3, -0.25) is 0 Å². The Labute approximate surface area is 104 Å². The minimum absolute atomic E-state index is 0.869. The molecule has 0 N–H and O–H groups in total. The van der Waals surface area contributed by atoms with E-state index in [1.165, 1.54) is 38.5 Å². The summed E-state index contributed by atoms with van der Waals surface area (Å²) in [5.41, 5.74) is 0. The molecule has 0 heteroatoms. The van der Waals surface area contributed by atoms with Gasteiger partial charge in [-0.25, -0.2) is 0 Å². The highest BCUT2D eigenvalue weighted by atomic mass is 14.2. The third-order valence-corrected chi connectivity index (χ3v) is 4.40. The first-order valence-electron chi connectivity index (χ1n) is 7.51. The van der Waals surface area contributed by atoms with Crippen molar-refractivity contribution in [1.82, 2.24) is 0 Å². The molecule has 0 aromatic carbocycles. The van der Waals surface area contributed by atoms with Gasteiger partial charge in [-0.05, 0) is 36.5 Å². The molecule has 0 aromatic heterocycles. The van der Waals surface area contributed by atoms with E-state index in [1.54, 1.807) is 0 Å². The summed E-state index contributed by atoms with van der Waals surface area (Å²) in [4.78, 5) is 0. The first-order valence-corrected chi connectivity index (χ1v) is 7.51. The molecule has 0 bridgehead atoms. The normalized spacial score (nSPS) is 17.4. The van der Waals surface area contributed by atoms with E-state index in [2.05, 4.69) is 41.5 Å². The first kappa shape index (κ1) is 16.0. The summed E-state index contributed by atoms with van der Waals surface area (Å²) in [6.07, 6.45) is 8.44. The maximum atomic E-state index is 2.40. The summed E-state index contributed by atoms with van der Waals surface area (Å²) < 4.78 is 0. The van der Waals surface area contributed by atoms with E-state index in [0.717, 1.165) is 23.7 Å². The van der Waals surface area contributed by atoms with Gasteiger partial charge in [-0.2, -0.15) is 0 Å². The molecule has 0 fully saturated rings. The van der Waals surface area contributed by atoms with Crippen LogP contribution in [-0.4, -0.2) is 0 Å². The SMILES string of the molecule is CCC(C)CCC(CCC(C)CC)C(C)C. The van der Waals surface area contributed by atoms with Crippen molar-refractivity contribution in [2.75, 3.05) is 0 Å². The van der Waals surface area contributed by atoms with Crippen LogP contribution in [0.4, 0.5) is 0 Å². The van der Waals surface area contributed by atoms with Gasteiger partial charge in [0.2, 0.25) is 0 Å². The Hall–Kier alpha value is 0. The molecule has 0 nitrogen and oxygen atoms in total. The molecule has 16 heavy (non-hydrogen) atoms. The Bertz CT molecular complexity index is 134. The molecule has 2 unspecified atom stereocenters. The van der Waals surface area contributed by atoms with Crippen molar-refractivity contribution < 1.29 is 0 Å². The summed E-state index contributed by atoms with van der Waals surface area (Å²) in [5, 5.41) is 0. The summed E-state index contributed by atoms with van der Waals surface area (Å²) >= 11 is 0. The predicted molar refractivity (Wildman–Crippen MR) is 75.7 cm³/mol. The fourth-order valence-corrected chi connectivity index (χ4v) is 2.22. The monoisotopic (exact) mass is 226 g/mol. The topological polar surface area (TPSA) is 0 Å². The molecule has 0 aromatic rings. The van der Waals surface area contributed by atoms with Gasteiger partial charge in [0.15, 0.2) is 0 Å². The molecule has 2 atom stereocenters. The summed E-state index contributed by atoms with van der Waals surface area (Å²) in [6, 6.07) is 0. The zero-order valence-corrected chi connectivity index (χ0v) is 12.6. The van der Waals surface area contributed by atoms with Gasteiger partial charge >= 0.3 is 0 Å². The highest BCUT2D eigenvalue weighted by Gasteiger charge is 2.15. The summed E-state index contributed by atoms with van der Waals surface area (Å²) in [7, 11) is 0. The Morgan fingerprint density at radius 1 is 0.625 bits per heavy atom. The summed E-state index contributed by atoms with van der Waals surface area (Å²) in [6.45, 7) is 14.2. The summed E-state index contributed by atoms with van der Waals surface area (Å²) in [5.74, 6) is 3.67. The van der Waals surface area contributed by atoms with Crippen LogP contribution < -0.4 is 0 Å². The van der Waals surface area contributed by atoms with Crippen molar-refractivity contribution in [3.8, 4) is 0 Å². The van der Waals surface area contributed by atoms with Gasteiger partial charge < -0.3 is 0 Å². The van der Waals surface area contributed by atoms with Crippen LogP contribution >= 0.6 is 0 Å². The minimum atomic E-state index is 0.869. The van der Waals surface area contributed by atoms with Crippen LogP contribution in [0.5, 0.6) is 0 Å². The van der Waals surface area contributed by atoms with E-state index >= 15 is 0 Å². The molecule has 0 heterocycles. The van der Waals surface area contributed by atoms with Gasteiger partial charge in [0.05, 0.1) is 0 Å². The smallest absolute Gasteiger partial charge is 0.0391 e. The van der Waals surface area contributed by atoms with Gasteiger partial charge in [0, 0.05) is 0 Å². The highest BCUT2D eigenvalue weighted by molar-refractivity contribution is 4.66. The van der Waals surface area contributed by atoms with Crippen molar-refractivity contribution in [3.63, 3.8) is 0 Å². The van der Waals surface area contributed by atoms with Crippen LogP contribution in [0.1, 0.15) is 80.1 Å². The third kappa shape index (κ3) is 7.30. The van der Waals surface area contributed by atoms with Crippen LogP contribution in [0.15, 0.2) is 0 Å². The van der Waals surface area contributed by atoms with Crippen LogP contribution in [0, 0.1) is 23.7 Å². The molecular formula is C16H34. The molecule has 0 aliphatic carbocycles. The molecule has 0 amide bonds. The molecule has 0 aliphatic rings. The van der Waals surface area contributed by atoms with Crippen LogP contribution in [0.2, 0.25) is 0 Å². The Balaban J connectivity index is 3.88. The van der Waals surface area contributed by atoms with Crippen LogP contribution in [0.3, 0.4) is 0 Å². The molecular weight excluding hydrogens is 192 g/mol. The van der Waals surface area contributed by atoms with Gasteiger partial charge in [-0.1, -0.05) is 67.2 Å². The Morgan fingerprint density at radius 3 is 1.25 bits per heavy atom. The van der Waals surface area contributed by atoms with E-state index in [-0.39, 0.29) is 0 Å². The molecule has 0 rings (SSSR count). The lowest BCUT2D eigenvalue weighted by atomic mass is 9.83. The van der Waals surface area contributed by atoms with Gasteiger partial charge in [0.1, 0.15) is 0 Å². The van der Waals surface area contributed by atoms with Crippen molar-refractivity contribution in [2.24, 2.45) is 23.7 Å². The second-order valence-electron chi connectivity index (χ2n) is 6.19. The van der Waals surface area contributed by atoms with Crippen molar-refractivity contribution in [2.45, 2.75) is 80.1 Å². The fourth-order valence-electron chi connectivity index (χ4n) is 2.22. The molecule has 0 saturated carbocycles. The van der Waals surface area contributed by atoms with Crippen molar-refractivity contribution in [3.05, 3.63) is 0 Å². The lowest BCUT2D eigenvalue weighted by Crippen LogP contribution is -2.12. The van der Waals surface area contributed by atoms with Gasteiger partial charge in [-0.15, -0.1) is 0 Å². The van der Waals surface area contributed by atoms with E-state index in [9.17, 15) is 0 Å². The third-order valence-electron chi connectivity index (χ3n) is 4.40. The maximum absolute atomic E-state index is 2.40. The maximum Gasteiger partial charge on any atom is -0.0391 e. The second kappa shape index (κ2) is 9.07. The highest BCUT2D eigenvalue weighted by Crippen LogP contribution is 2.27. The average Bonchev–Trinajstić information content (AvgIpc) is 2.27. The molecule has 0 aliphatic heterocycles. The van der Waals surface area contributed by atoms with E-state index < -0.39 is 0 Å².